The van der Waals surface area contributed by atoms with Gasteiger partial charge in [-0.25, -0.2) is 8.42 Å². The second-order valence-corrected chi connectivity index (χ2v) is 8.74. The van der Waals surface area contributed by atoms with Gasteiger partial charge in [0.2, 0.25) is 5.89 Å². The van der Waals surface area contributed by atoms with Crippen molar-refractivity contribution in [2.75, 3.05) is 37.3 Å². The van der Waals surface area contributed by atoms with Gasteiger partial charge < -0.3 is 9.42 Å². The van der Waals surface area contributed by atoms with Crippen LogP contribution >= 0.6 is 0 Å². The van der Waals surface area contributed by atoms with Crippen LogP contribution in [0.5, 0.6) is 0 Å². The van der Waals surface area contributed by atoms with Gasteiger partial charge in [-0.2, -0.15) is 4.98 Å². The van der Waals surface area contributed by atoms with Crippen molar-refractivity contribution in [3.05, 3.63) is 40.0 Å². The molecule has 1 aromatic heterocycles. The molecule has 11 heteroatoms. The van der Waals surface area contributed by atoms with Crippen molar-refractivity contribution in [1.82, 2.24) is 15.0 Å². The first-order chi connectivity index (χ1) is 13.2. The van der Waals surface area contributed by atoms with E-state index < -0.39 is 14.8 Å². The smallest absolute Gasteiger partial charge is 0.311 e. The fourth-order valence-corrected chi connectivity index (χ4v) is 4.19. The van der Waals surface area contributed by atoms with E-state index >= 15 is 0 Å². The highest BCUT2D eigenvalue weighted by Gasteiger charge is 2.32. The predicted molar refractivity (Wildman–Crippen MR) is 102 cm³/mol. The number of rotatable bonds is 6. The topological polar surface area (TPSA) is 123 Å². The minimum atomic E-state index is -3.71. The van der Waals surface area contributed by atoms with E-state index in [1.807, 2.05) is 18.7 Å². The van der Waals surface area contributed by atoms with Crippen LogP contribution in [-0.2, 0) is 16.3 Å². The fourth-order valence-electron chi connectivity index (χ4n) is 3.34. The van der Waals surface area contributed by atoms with Crippen molar-refractivity contribution >= 4 is 21.2 Å². The van der Waals surface area contributed by atoms with Gasteiger partial charge in [-0.15, -0.1) is 0 Å². The number of aryl methyl sites for hydroxylation is 1. The molecule has 28 heavy (non-hydrogen) atoms. The molecule has 1 atom stereocenters. The van der Waals surface area contributed by atoms with Crippen LogP contribution in [-0.4, -0.2) is 60.8 Å². The highest BCUT2D eigenvalue weighted by molar-refractivity contribution is 7.90. The van der Waals surface area contributed by atoms with Gasteiger partial charge in [0.25, 0.3) is 0 Å². The Hall–Kier alpha value is -2.53. The summed E-state index contributed by atoms with van der Waals surface area (Å²) >= 11 is 0. The summed E-state index contributed by atoms with van der Waals surface area (Å²) in [6.45, 7) is 6.24. The molecule has 3 rings (SSSR count). The van der Waals surface area contributed by atoms with Gasteiger partial charge in [0.05, 0.1) is 11.0 Å². The Bertz CT molecular complexity index is 966. The highest BCUT2D eigenvalue weighted by atomic mass is 32.2. The second-order valence-electron chi connectivity index (χ2n) is 6.75. The first-order valence-corrected chi connectivity index (χ1v) is 10.9. The SMILES string of the molecule is CCc1noc(C(C)N2CCN(c3cccc(S(C)(=O)=O)c3[N+](=O)[O-])CC2)n1. The maximum Gasteiger partial charge on any atom is 0.311 e. The van der Waals surface area contributed by atoms with Crippen molar-refractivity contribution in [2.45, 2.75) is 31.2 Å². The van der Waals surface area contributed by atoms with Crippen molar-refractivity contribution in [1.29, 1.82) is 0 Å². The monoisotopic (exact) mass is 409 g/mol. The number of benzene rings is 1. The predicted octanol–water partition coefficient (Wildman–Crippen LogP) is 1.83. The summed E-state index contributed by atoms with van der Waals surface area (Å²) < 4.78 is 29.2. The number of hydrogen-bond donors (Lipinski definition) is 0. The van der Waals surface area contributed by atoms with Crippen LogP contribution in [0.4, 0.5) is 11.4 Å². The lowest BCUT2D eigenvalue weighted by atomic mass is 10.2. The van der Waals surface area contributed by atoms with E-state index in [0.717, 1.165) is 6.26 Å². The minimum absolute atomic E-state index is 0.0627. The lowest BCUT2D eigenvalue weighted by Crippen LogP contribution is -2.47. The Labute approximate surface area is 163 Å². The average Bonchev–Trinajstić information content (AvgIpc) is 3.15. The average molecular weight is 409 g/mol. The number of sulfone groups is 1. The minimum Gasteiger partial charge on any atom is -0.363 e. The highest BCUT2D eigenvalue weighted by Crippen LogP contribution is 2.35. The fraction of sp³-hybridized carbons (Fsp3) is 0.529. The summed E-state index contributed by atoms with van der Waals surface area (Å²) in [5, 5.41) is 15.5. The molecule has 0 bridgehead atoms. The largest absolute Gasteiger partial charge is 0.363 e. The molecule has 2 heterocycles. The first-order valence-electron chi connectivity index (χ1n) is 9.01. The molecule has 1 fully saturated rings. The molecule has 1 aromatic carbocycles. The normalized spacial score (nSPS) is 16.9. The Morgan fingerprint density at radius 1 is 1.29 bits per heavy atom. The number of aromatic nitrogens is 2. The Morgan fingerprint density at radius 3 is 2.50 bits per heavy atom. The van der Waals surface area contributed by atoms with E-state index in [1.54, 1.807) is 12.1 Å². The summed E-state index contributed by atoms with van der Waals surface area (Å²) in [6, 6.07) is 4.35. The molecule has 10 nitrogen and oxygen atoms in total. The van der Waals surface area contributed by atoms with Crippen LogP contribution in [0.2, 0.25) is 0 Å². The number of anilines is 1. The third-order valence-electron chi connectivity index (χ3n) is 4.92. The number of nitro benzene ring substituents is 1. The zero-order valence-corrected chi connectivity index (χ0v) is 16.8. The van der Waals surface area contributed by atoms with E-state index in [9.17, 15) is 18.5 Å². The van der Waals surface area contributed by atoms with E-state index in [0.29, 0.717) is 50.0 Å². The molecule has 1 aliphatic heterocycles. The summed E-state index contributed by atoms with van der Waals surface area (Å²) in [7, 11) is -3.71. The van der Waals surface area contributed by atoms with Crippen molar-refractivity contribution < 1.29 is 17.9 Å². The molecule has 152 valence electrons. The van der Waals surface area contributed by atoms with Crippen LogP contribution in [0, 0.1) is 10.1 Å². The molecule has 0 radical (unpaired) electrons. The van der Waals surface area contributed by atoms with E-state index in [4.69, 9.17) is 4.52 Å². The number of nitro groups is 1. The number of hydrogen-bond acceptors (Lipinski definition) is 9. The van der Waals surface area contributed by atoms with Gasteiger partial charge in [0.15, 0.2) is 15.7 Å². The Balaban J connectivity index is 1.79. The van der Waals surface area contributed by atoms with E-state index in [-0.39, 0.29) is 16.6 Å². The molecule has 1 saturated heterocycles. The molecule has 0 amide bonds. The summed E-state index contributed by atoms with van der Waals surface area (Å²) in [5.41, 5.74) is -0.0396. The van der Waals surface area contributed by atoms with Gasteiger partial charge in [-0.1, -0.05) is 18.1 Å². The third kappa shape index (κ3) is 3.99. The molecule has 1 aliphatic rings. The number of piperazine rings is 1. The Morgan fingerprint density at radius 2 is 1.96 bits per heavy atom. The van der Waals surface area contributed by atoms with E-state index in [1.165, 1.54) is 6.07 Å². The van der Waals surface area contributed by atoms with Crippen LogP contribution in [0.3, 0.4) is 0 Å². The van der Waals surface area contributed by atoms with Gasteiger partial charge in [-0.05, 0) is 19.1 Å². The quantitative estimate of drug-likeness (QED) is 0.519. The van der Waals surface area contributed by atoms with Gasteiger partial charge in [0, 0.05) is 38.9 Å². The zero-order valence-electron chi connectivity index (χ0n) is 16.0. The van der Waals surface area contributed by atoms with Gasteiger partial charge in [-0.3, -0.25) is 15.0 Å². The van der Waals surface area contributed by atoms with Crippen molar-refractivity contribution in [3.8, 4) is 0 Å². The number of nitrogens with zero attached hydrogens (tertiary/aromatic N) is 5. The van der Waals surface area contributed by atoms with Crippen LogP contribution in [0.15, 0.2) is 27.6 Å². The Kier molecular flexibility index (Phi) is 5.66. The lowest BCUT2D eigenvalue weighted by Gasteiger charge is -2.37. The molecule has 0 spiro atoms. The third-order valence-corrected chi connectivity index (χ3v) is 6.05. The summed E-state index contributed by atoms with van der Waals surface area (Å²) in [4.78, 5) is 19.1. The van der Waals surface area contributed by atoms with Crippen LogP contribution in [0.25, 0.3) is 0 Å². The van der Waals surface area contributed by atoms with E-state index in [2.05, 4.69) is 15.0 Å². The first kappa shape index (κ1) is 20.2. The second kappa shape index (κ2) is 7.84. The molecule has 0 aliphatic carbocycles. The molecule has 0 N–H and O–H groups in total. The molecular weight excluding hydrogens is 386 g/mol. The van der Waals surface area contributed by atoms with Crippen LogP contribution < -0.4 is 4.90 Å². The maximum absolute atomic E-state index is 12.0. The van der Waals surface area contributed by atoms with Crippen molar-refractivity contribution in [2.24, 2.45) is 0 Å². The molecule has 0 saturated carbocycles. The maximum atomic E-state index is 12.0. The standard InChI is InChI=1S/C17H23N5O5S/c1-4-15-18-17(27-19-15)12(2)20-8-10-21(11-9-20)13-6-5-7-14(28(3,25)26)16(13)22(23)24/h5-7,12H,4,8-11H2,1-3H3. The summed E-state index contributed by atoms with van der Waals surface area (Å²) in [5.74, 6) is 1.21. The molecule has 1 unspecified atom stereocenters. The number of para-hydroxylation sites is 1. The summed E-state index contributed by atoms with van der Waals surface area (Å²) in [6.07, 6.45) is 1.68. The van der Waals surface area contributed by atoms with Crippen LogP contribution in [0.1, 0.15) is 31.6 Å². The lowest BCUT2D eigenvalue weighted by molar-refractivity contribution is -0.387. The zero-order chi connectivity index (χ0) is 20.5. The molecular formula is C17H23N5O5S. The van der Waals surface area contributed by atoms with Gasteiger partial charge in [0.1, 0.15) is 10.6 Å². The van der Waals surface area contributed by atoms with Gasteiger partial charge >= 0.3 is 5.69 Å². The molecule has 2 aromatic rings. The van der Waals surface area contributed by atoms with Crippen molar-refractivity contribution in [3.63, 3.8) is 0 Å².